The van der Waals surface area contributed by atoms with Gasteiger partial charge in [0.1, 0.15) is 5.69 Å². The molecule has 8 nitrogen and oxygen atoms in total. The van der Waals surface area contributed by atoms with Gasteiger partial charge in [0.15, 0.2) is 0 Å². The molecule has 0 spiro atoms. The molecule has 0 aliphatic rings. The van der Waals surface area contributed by atoms with E-state index in [9.17, 15) is 32.8 Å². The minimum atomic E-state index is -4.68. The van der Waals surface area contributed by atoms with Crippen LogP contribution in [0.3, 0.4) is 0 Å². The van der Waals surface area contributed by atoms with Crippen LogP contribution in [0.5, 0.6) is 0 Å². The number of alkyl halides is 3. The number of nitrogens with zero attached hydrogens (tertiary/aromatic N) is 2. The third kappa shape index (κ3) is 8.14. The van der Waals surface area contributed by atoms with E-state index in [1.807, 2.05) is 6.92 Å². The average Bonchev–Trinajstić information content (AvgIpc) is 2.82. The van der Waals surface area contributed by atoms with Gasteiger partial charge in [-0.1, -0.05) is 56.5 Å². The first-order chi connectivity index (χ1) is 16.2. The Labute approximate surface area is 195 Å². The number of halogens is 3. The van der Waals surface area contributed by atoms with Crippen LogP contribution >= 0.6 is 0 Å². The quantitative estimate of drug-likeness (QED) is 0.141. The highest BCUT2D eigenvalue weighted by atomic mass is 19.4. The number of rotatable bonds is 12. The second kappa shape index (κ2) is 12.7. The molecule has 0 saturated carbocycles. The smallest absolute Gasteiger partial charge is 0.338 e. The lowest BCUT2D eigenvalue weighted by Crippen LogP contribution is -2.43. The van der Waals surface area contributed by atoms with E-state index in [1.165, 1.54) is 0 Å². The summed E-state index contributed by atoms with van der Waals surface area (Å²) < 4.78 is 40.1. The minimum Gasteiger partial charge on any atom is -0.338 e. The maximum atomic E-state index is 13.4. The van der Waals surface area contributed by atoms with Crippen LogP contribution in [0.15, 0.2) is 42.5 Å². The summed E-state index contributed by atoms with van der Waals surface area (Å²) in [5, 5.41) is 14.6. The molecule has 1 aromatic heterocycles. The molecule has 3 N–H and O–H groups in total. The Kier molecular flexibility index (Phi) is 9.99. The Balaban J connectivity index is 2.09. The van der Waals surface area contributed by atoms with Crippen molar-refractivity contribution < 1.29 is 32.8 Å². The number of carbonyl (C=O) groups is 3. The molecule has 1 atom stereocenters. The first-order valence-electron chi connectivity index (χ1n) is 10.8. The van der Waals surface area contributed by atoms with Crippen LogP contribution < -0.4 is 10.6 Å². The van der Waals surface area contributed by atoms with E-state index in [0.29, 0.717) is 29.5 Å². The van der Waals surface area contributed by atoms with Gasteiger partial charge in [-0.25, -0.2) is 10.0 Å². The molecule has 11 heteroatoms. The molecule has 1 heterocycles. The third-order valence-electron chi connectivity index (χ3n) is 5.02. The van der Waals surface area contributed by atoms with Crippen LogP contribution in [-0.4, -0.2) is 46.7 Å². The molecular formula is C23H27F3N4O4. The summed E-state index contributed by atoms with van der Waals surface area (Å²) in [6.07, 6.45) is -1.62. The largest absolute Gasteiger partial charge is 0.416 e. The molecule has 0 fully saturated rings. The van der Waals surface area contributed by atoms with Gasteiger partial charge in [-0.2, -0.15) is 13.2 Å². The van der Waals surface area contributed by atoms with Crippen LogP contribution in [-0.2, 0) is 15.8 Å². The van der Waals surface area contributed by atoms with E-state index in [2.05, 4.69) is 15.6 Å². The molecule has 34 heavy (non-hydrogen) atoms. The number of hydrogen-bond donors (Lipinski definition) is 3. The molecule has 0 aliphatic heterocycles. The van der Waals surface area contributed by atoms with Crippen LogP contribution in [0.25, 0.3) is 11.3 Å². The second-order valence-electron chi connectivity index (χ2n) is 7.63. The van der Waals surface area contributed by atoms with Crippen molar-refractivity contribution in [1.29, 1.82) is 0 Å². The van der Waals surface area contributed by atoms with Gasteiger partial charge in [0, 0.05) is 5.56 Å². The lowest BCUT2D eigenvalue weighted by Gasteiger charge is -2.19. The van der Waals surface area contributed by atoms with Crippen molar-refractivity contribution in [3.8, 4) is 11.3 Å². The molecule has 1 aromatic carbocycles. The van der Waals surface area contributed by atoms with Gasteiger partial charge < -0.3 is 10.6 Å². The number of pyridine rings is 1. The van der Waals surface area contributed by atoms with Crippen LogP contribution in [0.1, 0.15) is 48.7 Å². The number of hydrogen-bond acceptors (Lipinski definition) is 5. The van der Waals surface area contributed by atoms with Crippen molar-refractivity contribution in [3.63, 3.8) is 0 Å². The van der Waals surface area contributed by atoms with Gasteiger partial charge >= 0.3 is 6.18 Å². The molecule has 0 bridgehead atoms. The fourth-order valence-corrected chi connectivity index (χ4v) is 3.23. The van der Waals surface area contributed by atoms with Crippen LogP contribution in [0.2, 0.25) is 0 Å². The summed E-state index contributed by atoms with van der Waals surface area (Å²) >= 11 is 0. The SMILES string of the molecule is CCCCCC(CN(O)C=O)C(=O)NCNC(=O)c1cc(C(F)(F)F)cc(-c2ccccc2)n1. The number of amides is 3. The zero-order valence-electron chi connectivity index (χ0n) is 18.6. The first-order valence-corrected chi connectivity index (χ1v) is 10.8. The number of aromatic nitrogens is 1. The van der Waals surface area contributed by atoms with Crippen molar-refractivity contribution in [2.75, 3.05) is 13.2 Å². The highest BCUT2D eigenvalue weighted by Crippen LogP contribution is 2.32. The van der Waals surface area contributed by atoms with Gasteiger partial charge in [0.05, 0.1) is 30.4 Å². The predicted octanol–water partition coefficient (Wildman–Crippen LogP) is 3.62. The molecule has 2 aromatic rings. The van der Waals surface area contributed by atoms with Crippen LogP contribution in [0, 0.1) is 5.92 Å². The lowest BCUT2D eigenvalue weighted by molar-refractivity contribution is -0.154. The van der Waals surface area contributed by atoms with E-state index in [-0.39, 0.29) is 25.3 Å². The highest BCUT2D eigenvalue weighted by molar-refractivity contribution is 5.93. The number of hydroxylamine groups is 2. The monoisotopic (exact) mass is 480 g/mol. The second-order valence-corrected chi connectivity index (χ2v) is 7.63. The van der Waals surface area contributed by atoms with Crippen molar-refractivity contribution in [2.45, 2.75) is 38.8 Å². The number of unbranched alkanes of at least 4 members (excludes halogenated alkanes) is 2. The Hall–Kier alpha value is -3.47. The van der Waals surface area contributed by atoms with E-state index in [0.717, 1.165) is 18.9 Å². The molecular weight excluding hydrogens is 453 g/mol. The van der Waals surface area contributed by atoms with Gasteiger partial charge in [0.25, 0.3) is 5.91 Å². The van der Waals surface area contributed by atoms with Crippen molar-refractivity contribution >= 4 is 18.2 Å². The first kappa shape index (κ1) is 26.8. The topological polar surface area (TPSA) is 112 Å². The number of nitrogens with one attached hydrogen (secondary N) is 2. The molecule has 1 unspecified atom stereocenters. The fraction of sp³-hybridized carbons (Fsp3) is 0.391. The zero-order valence-corrected chi connectivity index (χ0v) is 18.6. The van der Waals surface area contributed by atoms with Gasteiger partial charge in [0.2, 0.25) is 12.3 Å². The fourth-order valence-electron chi connectivity index (χ4n) is 3.23. The molecule has 0 aliphatic carbocycles. The van der Waals surface area contributed by atoms with E-state index >= 15 is 0 Å². The molecule has 2 rings (SSSR count). The Morgan fingerprint density at radius 2 is 1.85 bits per heavy atom. The molecule has 3 amide bonds. The lowest BCUT2D eigenvalue weighted by atomic mass is 10.0. The maximum Gasteiger partial charge on any atom is 0.416 e. The van der Waals surface area contributed by atoms with Gasteiger partial charge in [-0.3, -0.25) is 19.6 Å². The van der Waals surface area contributed by atoms with E-state index < -0.39 is 35.2 Å². The van der Waals surface area contributed by atoms with E-state index in [4.69, 9.17) is 0 Å². The Morgan fingerprint density at radius 1 is 1.15 bits per heavy atom. The summed E-state index contributed by atoms with van der Waals surface area (Å²) in [4.78, 5) is 39.7. The molecule has 0 saturated heterocycles. The number of benzene rings is 1. The summed E-state index contributed by atoms with van der Waals surface area (Å²) in [5.74, 6) is -2.13. The van der Waals surface area contributed by atoms with Crippen molar-refractivity contribution in [2.24, 2.45) is 5.92 Å². The highest BCUT2D eigenvalue weighted by Gasteiger charge is 2.32. The minimum absolute atomic E-state index is 0.0162. The van der Waals surface area contributed by atoms with Gasteiger partial charge in [-0.05, 0) is 18.6 Å². The standard InChI is InChI=1S/C23H27F3N4O4/c1-2-3-5-10-17(13-30(34)15-31)21(32)27-14-28-22(33)20-12-18(23(24,25)26)11-19(29-20)16-8-6-4-7-9-16/h4,6-9,11-12,15,17,34H,2-3,5,10,13-14H2,1H3,(H,27,32)(H,28,33). The van der Waals surface area contributed by atoms with Crippen molar-refractivity contribution in [1.82, 2.24) is 20.7 Å². The third-order valence-corrected chi connectivity index (χ3v) is 5.02. The van der Waals surface area contributed by atoms with Crippen molar-refractivity contribution in [3.05, 3.63) is 53.7 Å². The van der Waals surface area contributed by atoms with E-state index in [1.54, 1.807) is 30.3 Å². The average molecular weight is 480 g/mol. The van der Waals surface area contributed by atoms with Crippen LogP contribution in [0.4, 0.5) is 13.2 Å². The molecule has 0 radical (unpaired) electrons. The summed E-state index contributed by atoms with van der Waals surface area (Å²) in [7, 11) is 0. The number of carbonyl (C=O) groups excluding carboxylic acids is 3. The predicted molar refractivity (Wildman–Crippen MR) is 117 cm³/mol. The normalized spacial score (nSPS) is 12.0. The van der Waals surface area contributed by atoms with Gasteiger partial charge in [-0.15, -0.1) is 0 Å². The Bertz CT molecular complexity index is 970. The zero-order chi connectivity index (χ0) is 25.1. The molecule has 184 valence electrons. The summed E-state index contributed by atoms with van der Waals surface area (Å²) in [6.45, 7) is 1.40. The summed E-state index contributed by atoms with van der Waals surface area (Å²) in [6, 6.07) is 9.64. The Morgan fingerprint density at radius 3 is 2.47 bits per heavy atom. The summed E-state index contributed by atoms with van der Waals surface area (Å²) in [5.41, 5.74) is -1.08. The maximum absolute atomic E-state index is 13.4.